The van der Waals surface area contributed by atoms with Crippen molar-refractivity contribution in [1.82, 2.24) is 20.4 Å². The van der Waals surface area contributed by atoms with Gasteiger partial charge in [-0.25, -0.2) is 0 Å². The number of aryl methyl sites for hydroxylation is 2. The van der Waals surface area contributed by atoms with Gasteiger partial charge < -0.3 is 19.8 Å². The number of nitrogens with zero attached hydrogens (tertiary/aromatic N) is 2. The first-order chi connectivity index (χ1) is 12.3. The van der Waals surface area contributed by atoms with Gasteiger partial charge in [-0.05, 0) is 32.9 Å². The molecule has 0 fully saturated rings. The second kappa shape index (κ2) is 7.33. The standard InChI is InChI=1S/C18H24N4O4/c1-10(2)20-18(24)16-13-7-12(25-9-14(13)21-22(16)4)8-19-17(23)15-6-5-11(3)26-15/h5-6,10,12H,7-9H2,1-4H3,(H,19,23)(H,20,24). The van der Waals surface area contributed by atoms with E-state index in [0.29, 0.717) is 31.0 Å². The number of fused-ring (bicyclic) bond motifs is 1. The normalized spacial score (nSPS) is 16.4. The van der Waals surface area contributed by atoms with Crippen molar-refractivity contribution in [3.63, 3.8) is 0 Å². The molecule has 0 aromatic carbocycles. The van der Waals surface area contributed by atoms with Gasteiger partial charge in [0.15, 0.2) is 5.76 Å². The largest absolute Gasteiger partial charge is 0.456 e. The van der Waals surface area contributed by atoms with Crippen LogP contribution < -0.4 is 10.6 Å². The van der Waals surface area contributed by atoms with Crippen molar-refractivity contribution in [3.8, 4) is 0 Å². The molecule has 1 atom stereocenters. The van der Waals surface area contributed by atoms with Crippen LogP contribution in [0.5, 0.6) is 0 Å². The van der Waals surface area contributed by atoms with Gasteiger partial charge in [0, 0.05) is 31.6 Å². The lowest BCUT2D eigenvalue weighted by molar-refractivity contribution is 0.0263. The number of hydrogen-bond acceptors (Lipinski definition) is 5. The summed E-state index contributed by atoms with van der Waals surface area (Å²) < 4.78 is 12.7. The molecule has 1 aliphatic heterocycles. The van der Waals surface area contributed by atoms with Crippen molar-refractivity contribution in [2.75, 3.05) is 6.54 Å². The molecule has 2 N–H and O–H groups in total. The zero-order valence-corrected chi connectivity index (χ0v) is 15.5. The third kappa shape index (κ3) is 3.80. The Morgan fingerprint density at radius 1 is 1.35 bits per heavy atom. The maximum atomic E-state index is 12.5. The van der Waals surface area contributed by atoms with Crippen molar-refractivity contribution in [1.29, 1.82) is 0 Å². The van der Waals surface area contributed by atoms with Crippen molar-refractivity contribution in [2.45, 2.75) is 45.9 Å². The van der Waals surface area contributed by atoms with Crippen LogP contribution in [0.25, 0.3) is 0 Å². The van der Waals surface area contributed by atoms with E-state index in [1.807, 2.05) is 13.8 Å². The molecular formula is C18H24N4O4. The van der Waals surface area contributed by atoms with Crippen molar-refractivity contribution in [2.24, 2.45) is 7.05 Å². The molecule has 0 bridgehead atoms. The summed E-state index contributed by atoms with van der Waals surface area (Å²) in [6, 6.07) is 3.42. The van der Waals surface area contributed by atoms with Gasteiger partial charge >= 0.3 is 0 Å². The van der Waals surface area contributed by atoms with Crippen LogP contribution in [-0.4, -0.2) is 40.3 Å². The van der Waals surface area contributed by atoms with Gasteiger partial charge in [-0.2, -0.15) is 5.10 Å². The fourth-order valence-corrected chi connectivity index (χ4v) is 3.03. The molecule has 2 amide bonds. The first-order valence-corrected chi connectivity index (χ1v) is 8.67. The number of furan rings is 1. The van der Waals surface area contributed by atoms with Crippen LogP contribution in [0.4, 0.5) is 0 Å². The number of carbonyl (C=O) groups is 2. The van der Waals surface area contributed by atoms with E-state index in [1.54, 1.807) is 30.8 Å². The summed E-state index contributed by atoms with van der Waals surface area (Å²) in [5.74, 6) is 0.533. The molecule has 8 nitrogen and oxygen atoms in total. The maximum absolute atomic E-state index is 12.5. The van der Waals surface area contributed by atoms with Crippen LogP contribution in [0.3, 0.4) is 0 Å². The van der Waals surface area contributed by atoms with Gasteiger partial charge in [0.2, 0.25) is 0 Å². The van der Waals surface area contributed by atoms with Crippen LogP contribution in [0.1, 0.15) is 51.9 Å². The first-order valence-electron chi connectivity index (χ1n) is 8.67. The number of amides is 2. The average molecular weight is 360 g/mol. The van der Waals surface area contributed by atoms with E-state index in [2.05, 4.69) is 15.7 Å². The zero-order valence-electron chi connectivity index (χ0n) is 15.5. The highest BCUT2D eigenvalue weighted by Gasteiger charge is 2.29. The molecule has 2 aromatic rings. The van der Waals surface area contributed by atoms with Crippen LogP contribution in [0, 0.1) is 6.92 Å². The van der Waals surface area contributed by atoms with E-state index in [4.69, 9.17) is 9.15 Å². The smallest absolute Gasteiger partial charge is 0.287 e. The second-order valence-corrected chi connectivity index (χ2v) is 6.78. The third-order valence-corrected chi connectivity index (χ3v) is 4.21. The van der Waals surface area contributed by atoms with Crippen LogP contribution in [-0.2, 0) is 24.8 Å². The fraction of sp³-hybridized carbons (Fsp3) is 0.500. The molecule has 3 heterocycles. The Hall–Kier alpha value is -2.61. The topological polar surface area (TPSA) is 98.4 Å². The summed E-state index contributed by atoms with van der Waals surface area (Å²) in [7, 11) is 1.75. The van der Waals surface area contributed by atoms with Crippen LogP contribution >= 0.6 is 0 Å². The quantitative estimate of drug-likeness (QED) is 0.838. The van der Waals surface area contributed by atoms with Gasteiger partial charge in [0.05, 0.1) is 18.4 Å². The predicted octanol–water partition coefficient (Wildman–Crippen LogP) is 1.33. The van der Waals surface area contributed by atoms with Gasteiger partial charge in [-0.1, -0.05) is 0 Å². The Kier molecular flexibility index (Phi) is 5.13. The molecule has 1 aliphatic rings. The molecule has 1 unspecified atom stereocenters. The third-order valence-electron chi connectivity index (χ3n) is 4.21. The highest BCUT2D eigenvalue weighted by Crippen LogP contribution is 2.23. The molecule has 2 aromatic heterocycles. The Morgan fingerprint density at radius 3 is 2.77 bits per heavy atom. The summed E-state index contributed by atoms with van der Waals surface area (Å²) in [6.45, 7) is 6.27. The Bertz CT molecular complexity index is 821. The lowest BCUT2D eigenvalue weighted by atomic mass is 10.0. The average Bonchev–Trinajstić information content (AvgIpc) is 3.14. The minimum absolute atomic E-state index is 0.0414. The molecule has 8 heteroatoms. The maximum Gasteiger partial charge on any atom is 0.287 e. The predicted molar refractivity (Wildman–Crippen MR) is 93.9 cm³/mol. The minimum Gasteiger partial charge on any atom is -0.456 e. The molecule has 0 radical (unpaired) electrons. The zero-order chi connectivity index (χ0) is 18.8. The number of nitrogens with one attached hydrogen (secondary N) is 2. The summed E-state index contributed by atoms with van der Waals surface area (Å²) in [4.78, 5) is 24.6. The lowest BCUT2D eigenvalue weighted by Gasteiger charge is -2.23. The molecular weight excluding hydrogens is 336 g/mol. The van der Waals surface area contributed by atoms with Crippen molar-refractivity contribution >= 4 is 11.8 Å². The van der Waals surface area contributed by atoms with Gasteiger partial charge in [-0.15, -0.1) is 0 Å². The van der Waals surface area contributed by atoms with E-state index in [1.165, 1.54) is 0 Å². The molecule has 26 heavy (non-hydrogen) atoms. The molecule has 0 saturated carbocycles. The first kappa shape index (κ1) is 18.2. The summed E-state index contributed by atoms with van der Waals surface area (Å²) in [5.41, 5.74) is 2.20. The molecule has 0 saturated heterocycles. The Morgan fingerprint density at radius 2 is 2.12 bits per heavy atom. The number of carbonyl (C=O) groups excluding carboxylic acids is 2. The summed E-state index contributed by atoms with van der Waals surface area (Å²) in [5, 5.41) is 10.1. The SMILES string of the molecule is Cc1ccc(C(=O)NCC2Cc3c(nn(C)c3C(=O)NC(C)C)CO2)o1. The van der Waals surface area contributed by atoms with Gasteiger partial charge in [0.25, 0.3) is 11.8 Å². The molecule has 0 aliphatic carbocycles. The highest BCUT2D eigenvalue weighted by atomic mass is 16.5. The van der Waals surface area contributed by atoms with E-state index in [-0.39, 0.29) is 29.7 Å². The Labute approximate surface area is 151 Å². The van der Waals surface area contributed by atoms with E-state index in [0.717, 1.165) is 11.3 Å². The van der Waals surface area contributed by atoms with Crippen LogP contribution in [0.2, 0.25) is 0 Å². The van der Waals surface area contributed by atoms with Crippen LogP contribution in [0.15, 0.2) is 16.5 Å². The summed E-state index contributed by atoms with van der Waals surface area (Å²) >= 11 is 0. The van der Waals surface area contributed by atoms with E-state index in [9.17, 15) is 9.59 Å². The summed E-state index contributed by atoms with van der Waals surface area (Å²) in [6.07, 6.45) is 0.291. The van der Waals surface area contributed by atoms with Crippen molar-refractivity contribution < 1.29 is 18.7 Å². The number of aromatic nitrogens is 2. The number of rotatable bonds is 5. The number of hydrogen-bond donors (Lipinski definition) is 2. The van der Waals surface area contributed by atoms with E-state index < -0.39 is 0 Å². The lowest BCUT2D eigenvalue weighted by Crippen LogP contribution is -2.37. The second-order valence-electron chi connectivity index (χ2n) is 6.78. The molecule has 3 rings (SSSR count). The minimum atomic E-state index is -0.281. The molecule has 0 spiro atoms. The monoisotopic (exact) mass is 360 g/mol. The van der Waals surface area contributed by atoms with E-state index >= 15 is 0 Å². The van der Waals surface area contributed by atoms with Gasteiger partial charge in [-0.3, -0.25) is 14.3 Å². The Balaban J connectivity index is 1.67. The van der Waals surface area contributed by atoms with Gasteiger partial charge in [0.1, 0.15) is 11.5 Å². The molecule has 140 valence electrons. The highest BCUT2D eigenvalue weighted by molar-refractivity contribution is 5.94. The number of ether oxygens (including phenoxy) is 1. The fourth-order valence-electron chi connectivity index (χ4n) is 3.03. The van der Waals surface area contributed by atoms with Crippen molar-refractivity contribution in [3.05, 3.63) is 40.6 Å².